The van der Waals surface area contributed by atoms with E-state index in [-0.39, 0.29) is 25.7 Å². The van der Waals surface area contributed by atoms with E-state index in [2.05, 4.69) is 65.8 Å². The van der Waals surface area contributed by atoms with Crippen LogP contribution in [0.3, 0.4) is 0 Å². The van der Waals surface area contributed by atoms with E-state index in [9.17, 15) is 43.2 Å². The highest BCUT2D eigenvalue weighted by Crippen LogP contribution is 2.45. The molecule has 0 aliphatic rings. The molecule has 5 atom stereocenters. The van der Waals surface area contributed by atoms with Crippen LogP contribution in [0.4, 0.5) is 0 Å². The fourth-order valence-corrected chi connectivity index (χ4v) is 13.6. The molecule has 0 bridgehead atoms. The molecule has 0 aliphatic heterocycles. The highest BCUT2D eigenvalue weighted by Gasteiger charge is 2.30. The van der Waals surface area contributed by atoms with Crippen LogP contribution < -0.4 is 0 Å². The van der Waals surface area contributed by atoms with Crippen molar-refractivity contribution in [2.45, 2.75) is 419 Å². The molecule has 590 valence electrons. The van der Waals surface area contributed by atoms with Crippen molar-refractivity contribution < 1.29 is 80.2 Å². The number of aliphatic hydroxyl groups excluding tert-OH is 1. The Labute approximate surface area is 612 Å². The maximum absolute atomic E-state index is 13.1. The van der Waals surface area contributed by atoms with E-state index in [1.54, 1.807) is 0 Å². The van der Waals surface area contributed by atoms with Gasteiger partial charge in [-0.3, -0.25) is 37.3 Å². The number of carbonyl (C=O) groups is 4. The molecule has 3 N–H and O–H groups in total. The molecule has 100 heavy (non-hydrogen) atoms. The van der Waals surface area contributed by atoms with Gasteiger partial charge in [-0.1, -0.05) is 348 Å². The quantitative estimate of drug-likeness (QED) is 0.0169. The van der Waals surface area contributed by atoms with Crippen molar-refractivity contribution >= 4 is 39.5 Å². The summed E-state index contributed by atoms with van der Waals surface area (Å²) in [6.45, 7) is 9.53. The van der Waals surface area contributed by atoms with Gasteiger partial charge in [0, 0.05) is 25.7 Å². The Balaban J connectivity index is 5.27. The Morgan fingerprint density at radius 2 is 0.540 bits per heavy atom. The molecule has 0 aromatic carbocycles. The number of esters is 4. The predicted octanol–water partition coefficient (Wildman–Crippen LogP) is 23.8. The molecular weight excluding hydrogens is 1310 g/mol. The van der Waals surface area contributed by atoms with Crippen molar-refractivity contribution in [1.82, 2.24) is 0 Å². The summed E-state index contributed by atoms with van der Waals surface area (Å²) in [5.74, 6) is -0.637. The highest BCUT2D eigenvalue weighted by molar-refractivity contribution is 7.47. The topological polar surface area (TPSA) is 237 Å². The van der Waals surface area contributed by atoms with Crippen LogP contribution in [-0.2, 0) is 65.4 Å². The van der Waals surface area contributed by atoms with Gasteiger partial charge in [-0.15, -0.1) is 0 Å². The van der Waals surface area contributed by atoms with Gasteiger partial charge in [0.05, 0.1) is 26.4 Å². The summed E-state index contributed by atoms with van der Waals surface area (Å²) < 4.78 is 68.7. The minimum Gasteiger partial charge on any atom is -0.462 e. The minimum absolute atomic E-state index is 0.0844. The van der Waals surface area contributed by atoms with E-state index in [1.165, 1.54) is 199 Å². The van der Waals surface area contributed by atoms with Crippen molar-refractivity contribution in [1.29, 1.82) is 0 Å². The van der Waals surface area contributed by atoms with E-state index in [4.69, 9.17) is 37.0 Å². The largest absolute Gasteiger partial charge is 0.472 e. The third-order valence-corrected chi connectivity index (χ3v) is 20.2. The average molecular weight is 1460 g/mol. The maximum atomic E-state index is 13.1. The molecule has 2 unspecified atom stereocenters. The lowest BCUT2D eigenvalue weighted by Crippen LogP contribution is -2.30. The molecule has 0 saturated carbocycles. The van der Waals surface area contributed by atoms with Gasteiger partial charge in [-0.2, -0.15) is 0 Å². The summed E-state index contributed by atoms with van der Waals surface area (Å²) in [6, 6.07) is 0. The van der Waals surface area contributed by atoms with Gasteiger partial charge in [-0.05, 0) is 63.2 Å². The van der Waals surface area contributed by atoms with Gasteiger partial charge in [0.25, 0.3) is 0 Å². The van der Waals surface area contributed by atoms with Crippen LogP contribution >= 0.6 is 15.6 Å². The Hall–Kier alpha value is -2.46. The molecule has 0 aliphatic carbocycles. The molecule has 0 radical (unpaired) electrons. The number of hydrogen-bond donors (Lipinski definition) is 3. The van der Waals surface area contributed by atoms with Crippen molar-refractivity contribution in [3.05, 3.63) is 24.3 Å². The van der Waals surface area contributed by atoms with E-state index >= 15 is 0 Å². The van der Waals surface area contributed by atoms with Gasteiger partial charge in [0.1, 0.15) is 19.3 Å². The number of allylic oxidation sites excluding steroid dienone is 4. The molecule has 0 aromatic heterocycles. The third kappa shape index (κ3) is 73.8. The van der Waals surface area contributed by atoms with Crippen molar-refractivity contribution in [3.8, 4) is 0 Å². The van der Waals surface area contributed by atoms with Gasteiger partial charge < -0.3 is 33.8 Å². The molecule has 0 saturated heterocycles. The summed E-state index contributed by atoms with van der Waals surface area (Å²) in [4.78, 5) is 73.0. The van der Waals surface area contributed by atoms with Gasteiger partial charge in [0.15, 0.2) is 12.2 Å². The zero-order valence-corrected chi connectivity index (χ0v) is 66.8. The fourth-order valence-electron chi connectivity index (χ4n) is 12.0. The summed E-state index contributed by atoms with van der Waals surface area (Å²) in [7, 11) is -9.93. The lowest BCUT2D eigenvalue weighted by Gasteiger charge is -2.21. The van der Waals surface area contributed by atoms with Crippen molar-refractivity contribution in [2.24, 2.45) is 11.8 Å². The zero-order chi connectivity index (χ0) is 73.5. The Morgan fingerprint density at radius 1 is 0.310 bits per heavy atom. The number of ether oxygens (including phenoxy) is 4. The highest BCUT2D eigenvalue weighted by atomic mass is 31.2. The monoisotopic (exact) mass is 1460 g/mol. The number of phosphoric ester groups is 2. The smallest absolute Gasteiger partial charge is 0.462 e. The van der Waals surface area contributed by atoms with E-state index in [1.807, 2.05) is 0 Å². The SMILES string of the molecule is CCCCCC/C=C\C=C/CCCCCCCC(=O)O[C@H](COC(=O)CCCCCCCCCC(C)C)COP(=O)(O)OC[C@H](O)COP(=O)(O)OC[C@@H](COC(=O)CCCCCCCCCCCCCCCCCCC)OC(=O)CCCCCCCCCCCCCCCCCC(C)C. The van der Waals surface area contributed by atoms with E-state index in [0.717, 1.165) is 115 Å². The second-order valence-corrected chi connectivity index (χ2v) is 32.3. The lowest BCUT2D eigenvalue weighted by molar-refractivity contribution is -0.161. The summed E-state index contributed by atoms with van der Waals surface area (Å²) >= 11 is 0. The normalized spacial score (nSPS) is 14.1. The van der Waals surface area contributed by atoms with Crippen LogP contribution in [0.15, 0.2) is 24.3 Å². The molecular formula is C81H154O17P2. The molecule has 0 fully saturated rings. The number of unbranched alkanes of at least 4 members (excludes halogenated alkanes) is 45. The third-order valence-electron chi connectivity index (χ3n) is 18.3. The summed E-state index contributed by atoms with van der Waals surface area (Å²) in [5, 5.41) is 10.6. The van der Waals surface area contributed by atoms with Crippen molar-refractivity contribution in [2.75, 3.05) is 39.6 Å². The summed E-state index contributed by atoms with van der Waals surface area (Å²) in [6.07, 6.45) is 64.7. The molecule has 0 aromatic rings. The number of rotatable bonds is 78. The minimum atomic E-state index is -4.97. The number of phosphoric acid groups is 2. The molecule has 17 nitrogen and oxygen atoms in total. The van der Waals surface area contributed by atoms with Crippen LogP contribution in [0.25, 0.3) is 0 Å². The van der Waals surface area contributed by atoms with E-state index < -0.39 is 97.5 Å². The summed E-state index contributed by atoms with van der Waals surface area (Å²) in [5.41, 5.74) is 0. The van der Waals surface area contributed by atoms with Crippen molar-refractivity contribution in [3.63, 3.8) is 0 Å². The Morgan fingerprint density at radius 3 is 0.820 bits per heavy atom. The first-order valence-electron chi connectivity index (χ1n) is 41.3. The van der Waals surface area contributed by atoms with E-state index in [0.29, 0.717) is 31.6 Å². The Kier molecular flexibility index (Phi) is 70.3. The first-order valence-corrected chi connectivity index (χ1v) is 44.3. The van der Waals surface area contributed by atoms with Gasteiger partial charge in [0.2, 0.25) is 0 Å². The van der Waals surface area contributed by atoms with Crippen LogP contribution in [0.5, 0.6) is 0 Å². The number of hydrogen-bond acceptors (Lipinski definition) is 15. The predicted molar refractivity (Wildman–Crippen MR) is 409 cm³/mol. The second kappa shape index (κ2) is 72.1. The second-order valence-electron chi connectivity index (χ2n) is 29.4. The van der Waals surface area contributed by atoms with Gasteiger partial charge >= 0.3 is 39.5 Å². The van der Waals surface area contributed by atoms with Crippen LogP contribution in [0.2, 0.25) is 0 Å². The average Bonchev–Trinajstić information content (AvgIpc) is 0.963. The number of carbonyl (C=O) groups excluding carboxylic acids is 4. The van der Waals surface area contributed by atoms with Crippen LogP contribution in [0, 0.1) is 11.8 Å². The Bertz CT molecular complexity index is 2020. The van der Waals surface area contributed by atoms with Crippen LogP contribution in [0.1, 0.15) is 401 Å². The maximum Gasteiger partial charge on any atom is 0.472 e. The lowest BCUT2D eigenvalue weighted by atomic mass is 10.0. The molecule has 0 rings (SSSR count). The first-order chi connectivity index (χ1) is 48.4. The van der Waals surface area contributed by atoms with Crippen LogP contribution in [-0.4, -0.2) is 96.7 Å². The first kappa shape index (κ1) is 97.5. The molecule has 0 spiro atoms. The standard InChI is InChI=1S/C81H154O17P2/c1-7-9-11-13-15-17-19-21-23-24-28-31-35-39-45-51-57-63-78(83)91-69-76(97-80(85)66-60-54-47-41-37-33-29-25-27-30-34-38-43-49-55-61-73(3)4)71-95-99(87,88)93-67-75(82)68-94-100(89,90)96-72-77(70-92-79(84)64-58-52-48-42-44-50-56-62-74(5)6)98-81(86)65-59-53-46-40-36-32-26-22-20-18-16-14-12-10-8-2/h18,20,22,26,73-77,82H,7-17,19,21,23-25,27-72H2,1-6H3,(H,87,88)(H,89,90)/b20-18-,26-22-/t75-,76-,77-/m1/s1. The number of aliphatic hydroxyl groups is 1. The molecule has 19 heteroatoms. The van der Waals surface area contributed by atoms with Gasteiger partial charge in [-0.25, -0.2) is 9.13 Å². The molecule has 0 amide bonds. The molecule has 0 heterocycles. The fraction of sp³-hybridized carbons (Fsp3) is 0.901. The zero-order valence-electron chi connectivity index (χ0n) is 65.0.